The average Bonchev–Trinajstić information content (AvgIpc) is 1.65. The van der Waals surface area contributed by atoms with Crippen LogP contribution in [-0.4, -0.2) is 11.9 Å². The lowest BCUT2D eigenvalue weighted by Gasteiger charge is -1.98. The Morgan fingerprint density at radius 1 is 1.83 bits per heavy atom. The summed E-state index contributed by atoms with van der Waals surface area (Å²) in [5, 5.41) is 0. The van der Waals surface area contributed by atoms with Crippen molar-refractivity contribution in [3.05, 3.63) is 0 Å². The van der Waals surface area contributed by atoms with Crippen LogP contribution in [0.25, 0.3) is 0 Å². The Hall–Kier alpha value is 0.660. The summed E-state index contributed by atoms with van der Waals surface area (Å²) in [7, 11) is 0. The van der Waals surface area contributed by atoms with Crippen LogP contribution in [0, 0.1) is 0 Å². The van der Waals surface area contributed by atoms with Crippen LogP contribution in [-0.2, 0) is 4.18 Å². The molecule has 6 heavy (non-hydrogen) atoms. The minimum Gasteiger partial charge on any atom is -0.315 e. The van der Waals surface area contributed by atoms with Crippen LogP contribution in [0.15, 0.2) is 0 Å². The van der Waals surface area contributed by atoms with E-state index in [2.05, 4.69) is 29.7 Å². The molecule has 0 aliphatic rings. The molecule has 0 amide bonds. The van der Waals surface area contributed by atoms with Crippen molar-refractivity contribution in [1.29, 1.82) is 0 Å². The van der Waals surface area contributed by atoms with Gasteiger partial charge in [0.2, 0.25) is 0 Å². The third-order valence-electron chi connectivity index (χ3n) is 0.437. The molecule has 0 aromatic heterocycles. The van der Waals surface area contributed by atoms with Crippen LogP contribution in [0.3, 0.4) is 0 Å². The number of thiol groups is 2. The normalized spacial score (nSPS) is 14.5. The fourth-order valence-electron chi connectivity index (χ4n) is 0.0333. The highest BCUT2D eigenvalue weighted by Crippen LogP contribution is 1.93. The van der Waals surface area contributed by atoms with Gasteiger partial charge in [-0.3, -0.25) is 0 Å². The summed E-state index contributed by atoms with van der Waals surface area (Å²) in [6.45, 7) is 1.90. The van der Waals surface area contributed by atoms with Crippen LogP contribution in [0.5, 0.6) is 0 Å². The maximum absolute atomic E-state index is 4.52. The van der Waals surface area contributed by atoms with Gasteiger partial charge in [-0.2, -0.15) is 12.6 Å². The first-order valence-electron chi connectivity index (χ1n) is 1.72. The van der Waals surface area contributed by atoms with Crippen LogP contribution >= 0.6 is 25.5 Å². The van der Waals surface area contributed by atoms with Crippen molar-refractivity contribution in [3.63, 3.8) is 0 Å². The molecule has 1 atom stereocenters. The lowest BCUT2D eigenvalue weighted by atomic mass is 10.5. The Morgan fingerprint density at radius 3 is 2.33 bits per heavy atom. The van der Waals surface area contributed by atoms with Gasteiger partial charge in [0.1, 0.15) is 0 Å². The summed E-state index contributed by atoms with van der Waals surface area (Å²) >= 11 is 7.47. The van der Waals surface area contributed by atoms with Crippen molar-refractivity contribution < 1.29 is 4.18 Å². The first-order valence-corrected chi connectivity index (χ1v) is 2.72. The highest BCUT2D eigenvalue weighted by molar-refractivity contribution is 7.80. The van der Waals surface area contributed by atoms with Crippen LogP contribution < -0.4 is 0 Å². The van der Waals surface area contributed by atoms with Gasteiger partial charge in [-0.25, -0.2) is 0 Å². The molecule has 0 aromatic rings. The zero-order valence-electron chi connectivity index (χ0n) is 3.59. The maximum Gasteiger partial charge on any atom is 0.0778 e. The van der Waals surface area contributed by atoms with E-state index in [1.807, 2.05) is 6.92 Å². The van der Waals surface area contributed by atoms with E-state index < -0.39 is 0 Å². The van der Waals surface area contributed by atoms with Gasteiger partial charge in [-0.05, 0) is 19.8 Å². The van der Waals surface area contributed by atoms with Gasteiger partial charge in [-0.15, -0.1) is 0 Å². The molecule has 0 N–H and O–H groups in total. The molecule has 0 bridgehead atoms. The van der Waals surface area contributed by atoms with Crippen LogP contribution in [0.4, 0.5) is 0 Å². The molecular weight excluding hydrogens is 116 g/mol. The van der Waals surface area contributed by atoms with Crippen molar-refractivity contribution >= 4 is 25.5 Å². The lowest BCUT2D eigenvalue weighted by molar-refractivity contribution is 0.301. The van der Waals surface area contributed by atoms with Crippen molar-refractivity contribution in [2.75, 3.05) is 5.75 Å². The van der Waals surface area contributed by atoms with E-state index in [-0.39, 0.29) is 6.10 Å². The molecule has 1 nitrogen and oxygen atoms in total. The van der Waals surface area contributed by atoms with Gasteiger partial charge in [0.25, 0.3) is 0 Å². The SMILES string of the molecule is CC(CS)OS. The Morgan fingerprint density at radius 2 is 2.33 bits per heavy atom. The monoisotopic (exact) mass is 124 g/mol. The second-order valence-corrected chi connectivity index (χ2v) is 1.67. The van der Waals surface area contributed by atoms with E-state index in [0.29, 0.717) is 0 Å². The molecule has 0 aliphatic carbocycles. The number of hydrogen-bond donors (Lipinski definition) is 2. The smallest absolute Gasteiger partial charge is 0.0778 e. The van der Waals surface area contributed by atoms with Gasteiger partial charge >= 0.3 is 0 Å². The van der Waals surface area contributed by atoms with E-state index in [9.17, 15) is 0 Å². The summed E-state index contributed by atoms with van der Waals surface area (Å²) in [6, 6.07) is 0. The minimum atomic E-state index is 0.164. The summed E-state index contributed by atoms with van der Waals surface area (Å²) in [4.78, 5) is 0. The third kappa shape index (κ3) is 2.87. The quantitative estimate of drug-likeness (QED) is 0.415. The fraction of sp³-hybridized carbons (Fsp3) is 1.00. The van der Waals surface area contributed by atoms with Crippen molar-refractivity contribution in [2.45, 2.75) is 13.0 Å². The topological polar surface area (TPSA) is 9.23 Å². The van der Waals surface area contributed by atoms with Crippen molar-refractivity contribution in [3.8, 4) is 0 Å². The molecule has 0 saturated carbocycles. The van der Waals surface area contributed by atoms with Crippen molar-refractivity contribution in [1.82, 2.24) is 0 Å². The Bertz CT molecular complexity index is 28.0. The lowest BCUT2D eigenvalue weighted by Crippen LogP contribution is -2.01. The molecule has 0 fully saturated rings. The van der Waals surface area contributed by atoms with E-state index in [0.717, 1.165) is 5.75 Å². The number of rotatable bonds is 2. The third-order valence-corrected chi connectivity index (χ3v) is 1.31. The van der Waals surface area contributed by atoms with E-state index in [4.69, 9.17) is 0 Å². The molecule has 3 heteroatoms. The Balaban J connectivity index is 2.75. The molecule has 0 aromatic carbocycles. The Kier molecular flexibility index (Phi) is 4.26. The molecule has 1 unspecified atom stereocenters. The van der Waals surface area contributed by atoms with E-state index in [1.165, 1.54) is 0 Å². The van der Waals surface area contributed by atoms with Crippen LogP contribution in [0.2, 0.25) is 0 Å². The average molecular weight is 124 g/mol. The molecule has 0 spiro atoms. The summed E-state index contributed by atoms with van der Waals surface area (Å²) in [6.07, 6.45) is 0.164. The molecule has 0 radical (unpaired) electrons. The molecule has 0 rings (SSSR count). The van der Waals surface area contributed by atoms with Gasteiger partial charge in [-0.1, -0.05) is 0 Å². The molecule has 0 heterocycles. The zero-order chi connectivity index (χ0) is 4.99. The predicted molar refractivity (Wildman–Crippen MR) is 33.4 cm³/mol. The fourth-order valence-corrected chi connectivity index (χ4v) is 0.300. The second-order valence-electron chi connectivity index (χ2n) is 1.10. The van der Waals surface area contributed by atoms with Gasteiger partial charge in [0.15, 0.2) is 0 Å². The molecule has 0 saturated heterocycles. The van der Waals surface area contributed by atoms with Crippen LogP contribution in [0.1, 0.15) is 6.92 Å². The van der Waals surface area contributed by atoms with Crippen molar-refractivity contribution in [2.24, 2.45) is 0 Å². The zero-order valence-corrected chi connectivity index (χ0v) is 5.38. The minimum absolute atomic E-state index is 0.164. The molecule has 0 aliphatic heterocycles. The molecule has 38 valence electrons. The van der Waals surface area contributed by atoms with Gasteiger partial charge in [0, 0.05) is 5.75 Å². The number of hydrogen-bond acceptors (Lipinski definition) is 3. The summed E-state index contributed by atoms with van der Waals surface area (Å²) < 4.78 is 4.52. The highest BCUT2D eigenvalue weighted by Gasteiger charge is 1.90. The molecular formula is C3H8OS2. The maximum atomic E-state index is 4.52. The standard InChI is InChI=1S/C3H8OS2/c1-3(2-5)4-6/h3,5-6H,2H2,1H3. The highest BCUT2D eigenvalue weighted by atomic mass is 32.1. The summed E-state index contributed by atoms with van der Waals surface area (Å²) in [5.74, 6) is 0.726. The van der Waals surface area contributed by atoms with Gasteiger partial charge in [0.05, 0.1) is 6.10 Å². The Labute approximate surface area is 49.1 Å². The predicted octanol–water partition coefficient (Wildman–Crippen LogP) is 1.17. The summed E-state index contributed by atoms with van der Waals surface area (Å²) in [5.41, 5.74) is 0. The van der Waals surface area contributed by atoms with E-state index >= 15 is 0 Å². The largest absolute Gasteiger partial charge is 0.315 e. The van der Waals surface area contributed by atoms with E-state index in [1.54, 1.807) is 0 Å². The van der Waals surface area contributed by atoms with Gasteiger partial charge < -0.3 is 4.18 Å². The first kappa shape index (κ1) is 6.66. The first-order chi connectivity index (χ1) is 2.81. The second kappa shape index (κ2) is 3.84.